The summed E-state index contributed by atoms with van der Waals surface area (Å²) in [6, 6.07) is 4.21. The maximum atomic E-state index is 10.4. The molecule has 2 aromatic rings. The smallest absolute Gasteiger partial charge is 0.0849 e. The van der Waals surface area contributed by atoms with E-state index in [1.54, 1.807) is 6.20 Å². The molecule has 0 aliphatic heterocycles. The number of aryl methyl sites for hydroxylation is 1. The molecule has 0 fully saturated rings. The number of aliphatic hydroxyl groups excluding tert-OH is 1. The summed E-state index contributed by atoms with van der Waals surface area (Å²) in [6.07, 6.45) is 6.40. The van der Waals surface area contributed by atoms with Crippen LogP contribution in [0.15, 0.2) is 30.7 Å². The molecule has 1 atom stereocenters. The highest BCUT2D eigenvalue weighted by molar-refractivity contribution is 5.26. The van der Waals surface area contributed by atoms with Crippen LogP contribution in [0.1, 0.15) is 49.7 Å². The molecular weight excluding hydrogens is 238 g/mol. The molecule has 0 radical (unpaired) electrons. The Labute approximate surface area is 114 Å². The first kappa shape index (κ1) is 13.7. The van der Waals surface area contributed by atoms with Gasteiger partial charge in [0, 0.05) is 31.1 Å². The van der Waals surface area contributed by atoms with Crippen molar-refractivity contribution in [2.45, 2.75) is 45.8 Å². The molecule has 1 N–H and O–H groups in total. The van der Waals surface area contributed by atoms with E-state index in [0.29, 0.717) is 12.5 Å². The molecule has 0 saturated heterocycles. The summed E-state index contributed by atoms with van der Waals surface area (Å²) in [6.45, 7) is 6.25. The third-order valence-corrected chi connectivity index (χ3v) is 3.28. The maximum Gasteiger partial charge on any atom is 0.0849 e. The number of hydrogen-bond acceptors (Lipinski definition) is 3. The Kier molecular flexibility index (Phi) is 4.32. The van der Waals surface area contributed by atoms with E-state index < -0.39 is 6.10 Å². The first-order valence-corrected chi connectivity index (χ1v) is 6.76. The van der Waals surface area contributed by atoms with Gasteiger partial charge < -0.3 is 5.11 Å². The molecule has 4 nitrogen and oxygen atoms in total. The van der Waals surface area contributed by atoms with Crippen LogP contribution in [0.4, 0.5) is 0 Å². The fraction of sp³-hybridized carbons (Fsp3) is 0.467. The third-order valence-electron chi connectivity index (χ3n) is 3.28. The lowest BCUT2D eigenvalue weighted by atomic mass is 10.00. The van der Waals surface area contributed by atoms with Gasteiger partial charge in [-0.25, -0.2) is 0 Å². The average Bonchev–Trinajstić information content (AvgIpc) is 2.87. The van der Waals surface area contributed by atoms with Crippen molar-refractivity contribution in [3.05, 3.63) is 47.5 Å². The summed E-state index contributed by atoms with van der Waals surface area (Å²) >= 11 is 0. The minimum Gasteiger partial charge on any atom is -0.388 e. The monoisotopic (exact) mass is 259 g/mol. The van der Waals surface area contributed by atoms with Crippen molar-refractivity contribution >= 4 is 0 Å². The first-order valence-electron chi connectivity index (χ1n) is 6.76. The van der Waals surface area contributed by atoms with Crippen LogP contribution in [0.2, 0.25) is 0 Å². The Morgan fingerprint density at radius 2 is 2.11 bits per heavy atom. The SMILES string of the molecule is CCc1cnccc1C(O)Cc1ccn(C(C)C)n1. The number of aromatic nitrogens is 3. The van der Waals surface area contributed by atoms with E-state index >= 15 is 0 Å². The van der Waals surface area contributed by atoms with Crippen molar-refractivity contribution in [2.75, 3.05) is 0 Å². The quantitative estimate of drug-likeness (QED) is 0.898. The molecule has 2 rings (SSSR count). The predicted octanol–water partition coefficient (Wildman–Crippen LogP) is 2.70. The zero-order valence-corrected chi connectivity index (χ0v) is 11.7. The minimum absolute atomic E-state index is 0.345. The summed E-state index contributed by atoms with van der Waals surface area (Å²) in [7, 11) is 0. The molecule has 1 unspecified atom stereocenters. The van der Waals surface area contributed by atoms with E-state index in [9.17, 15) is 5.11 Å². The van der Waals surface area contributed by atoms with Crippen molar-refractivity contribution in [2.24, 2.45) is 0 Å². The fourth-order valence-corrected chi connectivity index (χ4v) is 2.14. The molecular formula is C15H21N3O. The van der Waals surface area contributed by atoms with Gasteiger partial charge in [-0.15, -0.1) is 0 Å². The van der Waals surface area contributed by atoms with Gasteiger partial charge in [0.15, 0.2) is 0 Å². The summed E-state index contributed by atoms with van der Waals surface area (Å²) in [5.74, 6) is 0. The number of hydrogen-bond donors (Lipinski definition) is 1. The van der Waals surface area contributed by atoms with Crippen molar-refractivity contribution in [1.29, 1.82) is 0 Å². The Morgan fingerprint density at radius 1 is 1.32 bits per heavy atom. The van der Waals surface area contributed by atoms with E-state index in [1.165, 1.54) is 0 Å². The van der Waals surface area contributed by atoms with Gasteiger partial charge in [0.05, 0.1) is 11.8 Å². The molecule has 0 aliphatic rings. The Morgan fingerprint density at radius 3 is 2.74 bits per heavy atom. The zero-order valence-electron chi connectivity index (χ0n) is 11.7. The van der Waals surface area contributed by atoms with E-state index in [0.717, 1.165) is 23.2 Å². The van der Waals surface area contributed by atoms with Gasteiger partial charge in [0.1, 0.15) is 0 Å². The molecule has 19 heavy (non-hydrogen) atoms. The molecule has 0 bridgehead atoms. The van der Waals surface area contributed by atoms with Gasteiger partial charge in [-0.05, 0) is 43.5 Å². The Bertz CT molecular complexity index is 534. The fourth-order valence-electron chi connectivity index (χ4n) is 2.14. The first-order chi connectivity index (χ1) is 9.11. The summed E-state index contributed by atoms with van der Waals surface area (Å²) < 4.78 is 1.91. The van der Waals surface area contributed by atoms with E-state index in [1.807, 2.05) is 29.2 Å². The summed E-state index contributed by atoms with van der Waals surface area (Å²) in [4.78, 5) is 4.10. The van der Waals surface area contributed by atoms with E-state index in [2.05, 4.69) is 30.9 Å². The lowest BCUT2D eigenvalue weighted by Gasteiger charge is -2.13. The van der Waals surface area contributed by atoms with Crippen LogP contribution in [-0.4, -0.2) is 19.9 Å². The number of nitrogens with zero attached hydrogens (tertiary/aromatic N) is 3. The maximum absolute atomic E-state index is 10.4. The molecule has 0 aromatic carbocycles. The average molecular weight is 259 g/mol. The second kappa shape index (κ2) is 5.97. The second-order valence-electron chi connectivity index (χ2n) is 5.03. The van der Waals surface area contributed by atoms with Crippen LogP contribution in [-0.2, 0) is 12.8 Å². The molecule has 4 heteroatoms. The topological polar surface area (TPSA) is 50.9 Å². The highest BCUT2D eigenvalue weighted by atomic mass is 16.3. The Hall–Kier alpha value is -1.68. The van der Waals surface area contributed by atoms with Crippen LogP contribution >= 0.6 is 0 Å². The van der Waals surface area contributed by atoms with E-state index in [-0.39, 0.29) is 0 Å². The van der Waals surface area contributed by atoms with Gasteiger partial charge >= 0.3 is 0 Å². The normalized spacial score (nSPS) is 12.9. The van der Waals surface area contributed by atoms with Crippen LogP contribution in [0.3, 0.4) is 0 Å². The van der Waals surface area contributed by atoms with Crippen molar-refractivity contribution in [3.63, 3.8) is 0 Å². The molecule has 0 aliphatic carbocycles. The molecule has 0 saturated carbocycles. The standard InChI is InChI=1S/C15H21N3O/c1-4-12-10-16-7-5-14(12)15(19)9-13-6-8-18(17-13)11(2)3/h5-8,10-11,15,19H,4,9H2,1-3H3. The lowest BCUT2D eigenvalue weighted by molar-refractivity contribution is 0.175. The Balaban J connectivity index is 2.13. The number of rotatable bonds is 5. The van der Waals surface area contributed by atoms with Gasteiger partial charge in [0.2, 0.25) is 0 Å². The lowest BCUT2D eigenvalue weighted by Crippen LogP contribution is -2.07. The molecule has 0 spiro atoms. The number of pyridine rings is 1. The van der Waals surface area contributed by atoms with Crippen LogP contribution < -0.4 is 0 Å². The summed E-state index contributed by atoms with van der Waals surface area (Å²) in [5, 5.41) is 14.8. The van der Waals surface area contributed by atoms with Gasteiger partial charge in [-0.3, -0.25) is 9.67 Å². The van der Waals surface area contributed by atoms with Crippen molar-refractivity contribution in [3.8, 4) is 0 Å². The molecule has 2 aromatic heterocycles. The van der Waals surface area contributed by atoms with Crippen molar-refractivity contribution in [1.82, 2.24) is 14.8 Å². The highest BCUT2D eigenvalue weighted by Gasteiger charge is 2.14. The van der Waals surface area contributed by atoms with Crippen LogP contribution in [0, 0.1) is 0 Å². The van der Waals surface area contributed by atoms with E-state index in [4.69, 9.17) is 0 Å². The van der Waals surface area contributed by atoms with Gasteiger partial charge in [0.25, 0.3) is 0 Å². The number of aliphatic hydroxyl groups is 1. The minimum atomic E-state index is -0.520. The van der Waals surface area contributed by atoms with Crippen LogP contribution in [0.25, 0.3) is 0 Å². The van der Waals surface area contributed by atoms with Crippen molar-refractivity contribution < 1.29 is 5.11 Å². The molecule has 0 amide bonds. The van der Waals surface area contributed by atoms with Gasteiger partial charge in [-0.2, -0.15) is 5.10 Å². The summed E-state index contributed by atoms with van der Waals surface area (Å²) in [5.41, 5.74) is 2.97. The molecule has 102 valence electrons. The largest absolute Gasteiger partial charge is 0.388 e. The highest BCUT2D eigenvalue weighted by Crippen LogP contribution is 2.21. The zero-order chi connectivity index (χ0) is 13.8. The predicted molar refractivity (Wildman–Crippen MR) is 74.9 cm³/mol. The third kappa shape index (κ3) is 3.20. The van der Waals surface area contributed by atoms with Gasteiger partial charge in [-0.1, -0.05) is 6.92 Å². The second-order valence-corrected chi connectivity index (χ2v) is 5.03. The van der Waals surface area contributed by atoms with Crippen LogP contribution in [0.5, 0.6) is 0 Å². The molecule has 2 heterocycles.